The molecule has 0 aliphatic carbocycles. The average molecular weight is 244 g/mol. The van der Waals surface area contributed by atoms with Gasteiger partial charge in [0.25, 0.3) is 0 Å². The van der Waals surface area contributed by atoms with Crippen molar-refractivity contribution in [3.63, 3.8) is 0 Å². The van der Waals surface area contributed by atoms with Crippen molar-refractivity contribution in [2.24, 2.45) is 0 Å². The zero-order valence-electron chi connectivity index (χ0n) is 9.92. The van der Waals surface area contributed by atoms with E-state index in [1.54, 1.807) is 0 Å². The summed E-state index contributed by atoms with van der Waals surface area (Å²) in [5.41, 5.74) is 1.14. The van der Waals surface area contributed by atoms with Gasteiger partial charge in [0.05, 0.1) is 0 Å². The van der Waals surface area contributed by atoms with E-state index in [2.05, 4.69) is 18.7 Å². The number of hydrogen-bond acceptors (Lipinski definition) is 1. The summed E-state index contributed by atoms with van der Waals surface area (Å²) in [6.45, 7) is 6.17. The van der Waals surface area contributed by atoms with Gasteiger partial charge in [-0.15, -0.1) is 11.6 Å². The van der Waals surface area contributed by atoms with E-state index >= 15 is 0 Å². The lowest BCUT2D eigenvalue weighted by molar-refractivity contribution is 0.213. The molecule has 0 aromatic heterocycles. The molecule has 0 spiro atoms. The monoisotopic (exact) mass is 243 g/mol. The fraction of sp³-hybridized carbons (Fsp3) is 0.538. The number of hydrogen-bond donors (Lipinski definition) is 0. The van der Waals surface area contributed by atoms with Crippen LogP contribution in [0.2, 0.25) is 0 Å². The van der Waals surface area contributed by atoms with E-state index in [1.807, 2.05) is 12.1 Å². The molecule has 3 heteroatoms. The van der Waals surface area contributed by atoms with Crippen molar-refractivity contribution >= 4 is 11.6 Å². The molecule has 0 amide bonds. The standard InChI is InChI=1S/C13H19ClFN/c1-11(2)16(9-3-8-14)10-12-4-6-13(15)7-5-12/h4-7,11H,3,8-10H2,1-2H3. The molecular weight excluding hydrogens is 225 g/mol. The second-order valence-electron chi connectivity index (χ2n) is 4.23. The van der Waals surface area contributed by atoms with E-state index in [-0.39, 0.29) is 5.82 Å². The van der Waals surface area contributed by atoms with Gasteiger partial charge >= 0.3 is 0 Å². The molecule has 1 aromatic carbocycles. The minimum absolute atomic E-state index is 0.180. The molecule has 0 saturated heterocycles. The summed E-state index contributed by atoms with van der Waals surface area (Å²) in [6, 6.07) is 7.18. The normalized spacial score (nSPS) is 11.4. The third-order valence-electron chi connectivity index (χ3n) is 2.61. The predicted octanol–water partition coefficient (Wildman–Crippen LogP) is 3.67. The SMILES string of the molecule is CC(C)N(CCCCl)Cc1ccc(F)cc1. The van der Waals surface area contributed by atoms with Crippen LogP contribution in [0.1, 0.15) is 25.8 Å². The quantitative estimate of drug-likeness (QED) is 0.690. The molecule has 1 aromatic rings. The molecule has 0 saturated carbocycles. The maximum atomic E-state index is 12.8. The molecule has 0 N–H and O–H groups in total. The van der Waals surface area contributed by atoms with Crippen LogP contribution in [0.5, 0.6) is 0 Å². The van der Waals surface area contributed by atoms with Crippen molar-refractivity contribution in [1.29, 1.82) is 0 Å². The van der Waals surface area contributed by atoms with Crippen molar-refractivity contribution in [3.8, 4) is 0 Å². The third kappa shape index (κ3) is 4.50. The summed E-state index contributed by atoms with van der Waals surface area (Å²) in [5, 5.41) is 0. The van der Waals surface area contributed by atoms with Gasteiger partial charge in [-0.1, -0.05) is 12.1 Å². The molecule has 90 valence electrons. The Balaban J connectivity index is 2.57. The van der Waals surface area contributed by atoms with E-state index in [1.165, 1.54) is 12.1 Å². The van der Waals surface area contributed by atoms with Crippen LogP contribution in [0.4, 0.5) is 4.39 Å². The van der Waals surface area contributed by atoms with Crippen molar-refractivity contribution in [2.75, 3.05) is 12.4 Å². The van der Waals surface area contributed by atoms with Gasteiger partial charge in [0.2, 0.25) is 0 Å². The first-order valence-electron chi connectivity index (χ1n) is 5.68. The lowest BCUT2D eigenvalue weighted by Gasteiger charge is -2.26. The Labute approximate surface area is 102 Å². The summed E-state index contributed by atoms with van der Waals surface area (Å²) in [5.74, 6) is 0.507. The Kier molecular flexibility index (Phi) is 5.78. The number of rotatable bonds is 6. The van der Waals surface area contributed by atoms with Gasteiger partial charge in [-0.3, -0.25) is 4.90 Å². The van der Waals surface area contributed by atoms with Crippen LogP contribution in [-0.4, -0.2) is 23.4 Å². The van der Waals surface area contributed by atoms with Crippen LogP contribution in [0.15, 0.2) is 24.3 Å². The highest BCUT2D eigenvalue weighted by molar-refractivity contribution is 6.17. The molecular formula is C13H19ClFN. The maximum absolute atomic E-state index is 12.8. The lowest BCUT2D eigenvalue weighted by atomic mass is 10.2. The Hall–Kier alpha value is -0.600. The van der Waals surface area contributed by atoms with E-state index in [4.69, 9.17) is 11.6 Å². The first kappa shape index (κ1) is 13.5. The van der Waals surface area contributed by atoms with Gasteiger partial charge < -0.3 is 0 Å². The first-order chi connectivity index (χ1) is 7.63. The second kappa shape index (κ2) is 6.87. The number of halogens is 2. The van der Waals surface area contributed by atoms with Gasteiger partial charge in [-0.05, 0) is 44.5 Å². The fourth-order valence-corrected chi connectivity index (χ4v) is 1.73. The third-order valence-corrected chi connectivity index (χ3v) is 2.88. The average Bonchev–Trinajstić information content (AvgIpc) is 2.26. The Morgan fingerprint density at radius 2 is 1.88 bits per heavy atom. The van der Waals surface area contributed by atoms with Crippen LogP contribution >= 0.6 is 11.6 Å². The molecule has 0 heterocycles. The molecule has 16 heavy (non-hydrogen) atoms. The van der Waals surface area contributed by atoms with E-state index in [9.17, 15) is 4.39 Å². The summed E-state index contributed by atoms with van der Waals surface area (Å²) >= 11 is 5.70. The Morgan fingerprint density at radius 3 is 2.38 bits per heavy atom. The smallest absolute Gasteiger partial charge is 0.123 e. The van der Waals surface area contributed by atoms with Gasteiger partial charge in [0.1, 0.15) is 5.82 Å². The topological polar surface area (TPSA) is 3.24 Å². The number of nitrogens with zero attached hydrogens (tertiary/aromatic N) is 1. The van der Waals surface area contributed by atoms with Crippen LogP contribution < -0.4 is 0 Å². The van der Waals surface area contributed by atoms with Crippen LogP contribution in [-0.2, 0) is 6.54 Å². The van der Waals surface area contributed by atoms with Gasteiger partial charge in [-0.25, -0.2) is 4.39 Å². The molecule has 0 fully saturated rings. The fourth-order valence-electron chi connectivity index (χ4n) is 1.61. The molecule has 1 rings (SSSR count). The van der Waals surface area contributed by atoms with Gasteiger partial charge in [0, 0.05) is 18.5 Å². The summed E-state index contributed by atoms with van der Waals surface area (Å²) < 4.78 is 12.8. The molecule has 0 radical (unpaired) electrons. The van der Waals surface area contributed by atoms with Crippen LogP contribution in [0.25, 0.3) is 0 Å². The van der Waals surface area contributed by atoms with Crippen molar-refractivity contribution in [3.05, 3.63) is 35.6 Å². The van der Waals surface area contributed by atoms with Crippen LogP contribution in [0, 0.1) is 5.82 Å². The summed E-state index contributed by atoms with van der Waals surface area (Å²) in [7, 11) is 0. The number of benzene rings is 1. The predicted molar refractivity (Wildman–Crippen MR) is 67.3 cm³/mol. The lowest BCUT2D eigenvalue weighted by Crippen LogP contribution is -2.31. The van der Waals surface area contributed by atoms with Gasteiger partial charge in [-0.2, -0.15) is 0 Å². The second-order valence-corrected chi connectivity index (χ2v) is 4.61. The molecule has 0 unspecified atom stereocenters. The largest absolute Gasteiger partial charge is 0.297 e. The number of alkyl halides is 1. The Bertz CT molecular complexity index is 297. The zero-order chi connectivity index (χ0) is 12.0. The summed E-state index contributed by atoms with van der Waals surface area (Å²) in [6.07, 6.45) is 0.987. The Morgan fingerprint density at radius 1 is 1.25 bits per heavy atom. The van der Waals surface area contributed by atoms with Crippen molar-refractivity contribution in [1.82, 2.24) is 4.90 Å². The minimum Gasteiger partial charge on any atom is -0.297 e. The van der Waals surface area contributed by atoms with E-state index in [0.29, 0.717) is 11.9 Å². The molecule has 0 atom stereocenters. The molecule has 0 bridgehead atoms. The molecule has 0 aliphatic heterocycles. The zero-order valence-corrected chi connectivity index (χ0v) is 10.7. The van der Waals surface area contributed by atoms with Crippen LogP contribution in [0.3, 0.4) is 0 Å². The van der Waals surface area contributed by atoms with E-state index < -0.39 is 0 Å². The maximum Gasteiger partial charge on any atom is 0.123 e. The minimum atomic E-state index is -0.180. The molecule has 1 nitrogen and oxygen atoms in total. The highest BCUT2D eigenvalue weighted by Crippen LogP contribution is 2.10. The molecule has 0 aliphatic rings. The highest BCUT2D eigenvalue weighted by atomic mass is 35.5. The summed E-state index contributed by atoms with van der Waals surface area (Å²) in [4.78, 5) is 2.34. The van der Waals surface area contributed by atoms with Crippen molar-refractivity contribution < 1.29 is 4.39 Å². The highest BCUT2D eigenvalue weighted by Gasteiger charge is 2.09. The van der Waals surface area contributed by atoms with Gasteiger partial charge in [0.15, 0.2) is 0 Å². The van der Waals surface area contributed by atoms with Crippen molar-refractivity contribution in [2.45, 2.75) is 32.9 Å². The van der Waals surface area contributed by atoms with E-state index in [0.717, 1.165) is 25.1 Å². The first-order valence-corrected chi connectivity index (χ1v) is 6.21.